The Balaban J connectivity index is 1.32. The molecule has 34 heavy (non-hydrogen) atoms. The number of sulfone groups is 1. The van der Waals surface area contributed by atoms with Gasteiger partial charge in [0.25, 0.3) is 0 Å². The molecule has 0 aliphatic carbocycles. The fraction of sp³-hybridized carbons (Fsp3) is 0.417. The second kappa shape index (κ2) is 10.0. The molecule has 2 aliphatic heterocycles. The normalized spacial score (nSPS) is 15.9. The van der Waals surface area contributed by atoms with Crippen LogP contribution in [0.25, 0.3) is 0 Å². The van der Waals surface area contributed by atoms with E-state index in [9.17, 15) is 18.0 Å². The molecule has 2 aromatic rings. The maximum absolute atomic E-state index is 12.8. The molecule has 0 N–H and O–H groups in total. The van der Waals surface area contributed by atoms with E-state index in [0.29, 0.717) is 49.6 Å². The maximum atomic E-state index is 12.8. The lowest BCUT2D eigenvalue weighted by Crippen LogP contribution is -2.49. The van der Waals surface area contributed by atoms with Gasteiger partial charge in [-0.1, -0.05) is 6.07 Å². The Kier molecular flexibility index (Phi) is 7.08. The second-order valence-electron chi connectivity index (χ2n) is 8.46. The van der Waals surface area contributed by atoms with Crippen LogP contribution in [-0.4, -0.2) is 75.7 Å². The van der Waals surface area contributed by atoms with Crippen LogP contribution in [0.2, 0.25) is 0 Å². The van der Waals surface area contributed by atoms with Crippen molar-refractivity contribution in [1.82, 2.24) is 9.80 Å². The number of carbonyl (C=O) groups excluding carboxylic acids is 2. The van der Waals surface area contributed by atoms with Crippen LogP contribution in [0.5, 0.6) is 17.2 Å². The van der Waals surface area contributed by atoms with E-state index in [1.54, 1.807) is 17.0 Å². The first-order valence-corrected chi connectivity index (χ1v) is 12.8. The fourth-order valence-corrected chi connectivity index (χ4v) is 5.49. The van der Waals surface area contributed by atoms with Gasteiger partial charge in [0.15, 0.2) is 27.1 Å². The van der Waals surface area contributed by atoms with Crippen LogP contribution < -0.4 is 14.2 Å². The molecular weight excluding hydrogens is 460 g/mol. The van der Waals surface area contributed by atoms with Crippen LogP contribution >= 0.6 is 0 Å². The molecule has 0 atom stereocenters. The molecule has 1 fully saturated rings. The van der Waals surface area contributed by atoms with E-state index in [2.05, 4.69) is 4.90 Å². The molecule has 1 saturated heterocycles. The molecule has 0 unspecified atom stereocenters. The summed E-state index contributed by atoms with van der Waals surface area (Å²) >= 11 is 0. The highest BCUT2D eigenvalue weighted by Gasteiger charge is 2.27. The van der Waals surface area contributed by atoms with E-state index >= 15 is 0 Å². The van der Waals surface area contributed by atoms with Crippen molar-refractivity contribution in [2.75, 3.05) is 45.8 Å². The Hall–Kier alpha value is -3.11. The first kappa shape index (κ1) is 24.0. The SMILES string of the molecule is COc1ccc(C(C)=O)cc1CS(=O)(=O)CC(=O)N1CCN(Cc2ccc3c(c2)OCO3)CC1. The van der Waals surface area contributed by atoms with Gasteiger partial charge in [-0.25, -0.2) is 8.42 Å². The fourth-order valence-electron chi connectivity index (χ4n) is 4.13. The maximum Gasteiger partial charge on any atom is 0.237 e. The van der Waals surface area contributed by atoms with Crippen molar-refractivity contribution in [2.24, 2.45) is 0 Å². The van der Waals surface area contributed by atoms with E-state index in [1.165, 1.54) is 20.1 Å². The molecular formula is C24H28N2O7S. The number of ketones is 1. The molecule has 10 heteroatoms. The number of ether oxygens (including phenoxy) is 3. The Morgan fingerprint density at radius 1 is 1.00 bits per heavy atom. The van der Waals surface area contributed by atoms with E-state index in [4.69, 9.17) is 14.2 Å². The standard InChI is InChI=1S/C24H28N2O7S/c1-17(27)19-4-6-21(31-2)20(12-19)14-34(29,30)15-24(28)26-9-7-25(8-10-26)13-18-3-5-22-23(11-18)33-16-32-22/h3-6,11-12H,7-10,13-16H2,1-2H3. The van der Waals surface area contributed by atoms with Crippen LogP contribution in [0.4, 0.5) is 0 Å². The lowest BCUT2D eigenvalue weighted by molar-refractivity contribution is -0.130. The summed E-state index contributed by atoms with van der Waals surface area (Å²) in [7, 11) is -2.31. The van der Waals surface area contributed by atoms with Gasteiger partial charge in [0.2, 0.25) is 12.7 Å². The zero-order valence-electron chi connectivity index (χ0n) is 19.3. The minimum absolute atomic E-state index is 0.170. The van der Waals surface area contributed by atoms with E-state index < -0.39 is 21.5 Å². The quantitative estimate of drug-likeness (QED) is 0.519. The summed E-state index contributed by atoms with van der Waals surface area (Å²) in [6.45, 7) is 4.57. The number of carbonyl (C=O) groups is 2. The summed E-state index contributed by atoms with van der Waals surface area (Å²) in [6, 6.07) is 10.5. The first-order chi connectivity index (χ1) is 16.2. The Morgan fingerprint density at radius 2 is 1.74 bits per heavy atom. The van der Waals surface area contributed by atoms with Crippen LogP contribution in [-0.2, 0) is 26.9 Å². The molecule has 0 bridgehead atoms. The minimum atomic E-state index is -3.75. The largest absolute Gasteiger partial charge is 0.496 e. The Morgan fingerprint density at radius 3 is 2.44 bits per heavy atom. The lowest BCUT2D eigenvalue weighted by Gasteiger charge is -2.34. The van der Waals surface area contributed by atoms with Gasteiger partial charge in [-0.3, -0.25) is 14.5 Å². The predicted octanol–water partition coefficient (Wildman–Crippen LogP) is 1.89. The summed E-state index contributed by atoms with van der Waals surface area (Å²) in [5, 5.41) is 0. The zero-order chi connectivity index (χ0) is 24.3. The molecule has 9 nitrogen and oxygen atoms in total. The molecule has 0 spiro atoms. The van der Waals surface area contributed by atoms with Crippen molar-refractivity contribution in [3.05, 3.63) is 53.1 Å². The van der Waals surface area contributed by atoms with Crippen LogP contribution in [0.3, 0.4) is 0 Å². The predicted molar refractivity (Wildman–Crippen MR) is 125 cm³/mol. The highest BCUT2D eigenvalue weighted by molar-refractivity contribution is 7.91. The topological polar surface area (TPSA) is 102 Å². The molecule has 0 aromatic heterocycles. The van der Waals surface area contributed by atoms with Crippen LogP contribution in [0, 0.1) is 0 Å². The third kappa shape index (κ3) is 5.68. The Labute approximate surface area is 199 Å². The van der Waals surface area contributed by atoms with Gasteiger partial charge in [0.1, 0.15) is 11.5 Å². The van der Waals surface area contributed by atoms with Crippen molar-refractivity contribution in [3.8, 4) is 17.2 Å². The molecule has 0 saturated carbocycles. The van der Waals surface area contributed by atoms with Crippen molar-refractivity contribution in [3.63, 3.8) is 0 Å². The minimum Gasteiger partial charge on any atom is -0.496 e. The third-order valence-corrected chi connectivity index (χ3v) is 7.41. The van der Waals surface area contributed by atoms with Gasteiger partial charge < -0.3 is 19.1 Å². The summed E-state index contributed by atoms with van der Waals surface area (Å²) in [5.74, 6) is 0.321. The number of Topliss-reactive ketones (excluding diaryl/α,β-unsaturated/α-hetero) is 1. The number of hydrogen-bond acceptors (Lipinski definition) is 8. The molecule has 4 rings (SSSR count). The van der Waals surface area contributed by atoms with Crippen molar-refractivity contribution < 1.29 is 32.2 Å². The van der Waals surface area contributed by atoms with Gasteiger partial charge in [-0.05, 0) is 42.8 Å². The van der Waals surface area contributed by atoms with E-state index in [1.807, 2.05) is 18.2 Å². The zero-order valence-corrected chi connectivity index (χ0v) is 20.1. The number of hydrogen-bond donors (Lipinski definition) is 0. The van der Waals surface area contributed by atoms with Gasteiger partial charge in [0, 0.05) is 43.9 Å². The number of rotatable bonds is 8. The number of amides is 1. The van der Waals surface area contributed by atoms with Gasteiger partial charge in [-0.15, -0.1) is 0 Å². The van der Waals surface area contributed by atoms with Gasteiger partial charge in [0.05, 0.1) is 12.9 Å². The summed E-state index contributed by atoms with van der Waals surface area (Å²) < 4.78 is 41.6. The number of methoxy groups -OCH3 is 1. The average molecular weight is 489 g/mol. The first-order valence-electron chi connectivity index (χ1n) is 11.0. The molecule has 0 radical (unpaired) electrons. The van der Waals surface area contributed by atoms with E-state index in [-0.39, 0.29) is 18.3 Å². The molecule has 2 heterocycles. The number of fused-ring (bicyclic) bond motifs is 1. The summed E-state index contributed by atoms with van der Waals surface area (Å²) in [4.78, 5) is 28.2. The Bertz CT molecular complexity index is 1190. The van der Waals surface area contributed by atoms with Crippen LogP contribution in [0.1, 0.15) is 28.4 Å². The highest BCUT2D eigenvalue weighted by Crippen LogP contribution is 2.33. The van der Waals surface area contributed by atoms with Crippen molar-refractivity contribution in [1.29, 1.82) is 0 Å². The van der Waals surface area contributed by atoms with Crippen molar-refractivity contribution in [2.45, 2.75) is 19.2 Å². The molecule has 2 aliphatic rings. The molecule has 182 valence electrons. The lowest BCUT2D eigenvalue weighted by atomic mass is 10.1. The van der Waals surface area contributed by atoms with Gasteiger partial charge in [-0.2, -0.15) is 0 Å². The number of benzene rings is 2. The van der Waals surface area contributed by atoms with Crippen molar-refractivity contribution >= 4 is 21.5 Å². The van der Waals surface area contributed by atoms with Gasteiger partial charge >= 0.3 is 0 Å². The van der Waals surface area contributed by atoms with Crippen LogP contribution in [0.15, 0.2) is 36.4 Å². The molecule has 1 amide bonds. The third-order valence-electron chi connectivity index (χ3n) is 5.97. The highest BCUT2D eigenvalue weighted by atomic mass is 32.2. The second-order valence-corrected chi connectivity index (χ2v) is 10.5. The van der Waals surface area contributed by atoms with E-state index in [0.717, 1.165) is 17.1 Å². The summed E-state index contributed by atoms with van der Waals surface area (Å²) in [6.07, 6.45) is 0. The summed E-state index contributed by atoms with van der Waals surface area (Å²) in [5.41, 5.74) is 1.86. The average Bonchev–Trinajstić information content (AvgIpc) is 3.26. The number of nitrogens with zero attached hydrogens (tertiary/aromatic N) is 2. The monoisotopic (exact) mass is 488 g/mol. The smallest absolute Gasteiger partial charge is 0.237 e. The molecule has 2 aromatic carbocycles. The number of piperazine rings is 1.